The summed E-state index contributed by atoms with van der Waals surface area (Å²) in [5.41, 5.74) is 7.39. The Balaban J connectivity index is 2.00. The number of H-pyrrole nitrogens is 1. The number of benzene rings is 1. The van der Waals surface area contributed by atoms with E-state index in [-0.39, 0.29) is 12.2 Å². The lowest BCUT2D eigenvalue weighted by molar-refractivity contribution is -0.141. The normalized spacial score (nSPS) is 14.4. The van der Waals surface area contributed by atoms with Gasteiger partial charge in [-0.3, -0.25) is 14.4 Å². The molecule has 0 aliphatic heterocycles. The van der Waals surface area contributed by atoms with E-state index in [9.17, 15) is 19.2 Å². The average Bonchev–Trinajstić information content (AvgIpc) is 3.30. The maximum absolute atomic E-state index is 12.7. The van der Waals surface area contributed by atoms with Crippen LogP contribution in [0.25, 0.3) is 0 Å². The number of carbonyl (C=O) groups excluding carboxylic acids is 3. The van der Waals surface area contributed by atoms with Crippen molar-refractivity contribution in [1.82, 2.24) is 25.9 Å². The molecule has 2 rings (SSSR count). The van der Waals surface area contributed by atoms with E-state index in [0.29, 0.717) is 12.1 Å². The summed E-state index contributed by atoms with van der Waals surface area (Å²) < 4.78 is 0. The van der Waals surface area contributed by atoms with Crippen LogP contribution in [0, 0.1) is 0 Å². The minimum absolute atomic E-state index is 0.0324. The van der Waals surface area contributed by atoms with E-state index in [0.717, 1.165) is 5.56 Å². The lowest BCUT2D eigenvalue weighted by Gasteiger charge is -2.23. The number of rotatable bonds is 12. The highest BCUT2D eigenvalue weighted by Gasteiger charge is 2.29. The molecule has 7 N–H and O–H groups in total. The van der Waals surface area contributed by atoms with E-state index in [1.165, 1.54) is 19.4 Å². The number of aliphatic carboxylic acids is 1. The lowest BCUT2D eigenvalue weighted by atomic mass is 10.1. The third-order valence-corrected chi connectivity index (χ3v) is 5.16. The van der Waals surface area contributed by atoms with Crippen molar-refractivity contribution in [1.29, 1.82) is 0 Å². The maximum atomic E-state index is 12.7. The number of hydrogen-bond donors (Lipinski definition) is 7. The Morgan fingerprint density at radius 3 is 2.27 bits per heavy atom. The number of carboxylic acids is 1. The number of carboxylic acid groups (broad SMARTS) is 1. The maximum Gasteiger partial charge on any atom is 0.327 e. The molecule has 178 valence electrons. The van der Waals surface area contributed by atoms with E-state index in [1.54, 1.807) is 0 Å². The second kappa shape index (κ2) is 12.6. The molecule has 3 amide bonds. The van der Waals surface area contributed by atoms with Gasteiger partial charge >= 0.3 is 5.97 Å². The van der Waals surface area contributed by atoms with Crippen LogP contribution in [0.15, 0.2) is 42.9 Å². The van der Waals surface area contributed by atoms with Gasteiger partial charge in [0.2, 0.25) is 17.7 Å². The van der Waals surface area contributed by atoms with Gasteiger partial charge in [-0.1, -0.05) is 30.3 Å². The van der Waals surface area contributed by atoms with Crippen LogP contribution in [0.2, 0.25) is 0 Å². The standard InChI is InChI=1S/C21H28N6O5S/c1-12(25-19(29)15(22)7-13-5-3-2-4-6-13)18(28)26-16(8-14-9-23-11-24-14)20(30)27-17(10-33)21(31)32/h2-6,9,11-12,15-17,33H,7-8,10,22H2,1H3,(H,23,24)(H,25,29)(H,26,28)(H,27,30)(H,31,32). The Morgan fingerprint density at radius 2 is 1.70 bits per heavy atom. The zero-order valence-electron chi connectivity index (χ0n) is 18.0. The number of amides is 3. The zero-order valence-corrected chi connectivity index (χ0v) is 18.9. The summed E-state index contributed by atoms with van der Waals surface area (Å²) in [4.78, 5) is 55.7. The number of imidazole rings is 1. The van der Waals surface area contributed by atoms with Crippen LogP contribution in [0.3, 0.4) is 0 Å². The largest absolute Gasteiger partial charge is 0.480 e. The smallest absolute Gasteiger partial charge is 0.327 e. The molecular formula is C21H28N6O5S. The van der Waals surface area contributed by atoms with Crippen molar-refractivity contribution in [2.24, 2.45) is 5.73 Å². The molecule has 1 aromatic carbocycles. The molecule has 2 aromatic rings. The Kier molecular flexibility index (Phi) is 9.88. The fourth-order valence-corrected chi connectivity index (χ4v) is 3.17. The summed E-state index contributed by atoms with van der Waals surface area (Å²) >= 11 is 3.92. The van der Waals surface area contributed by atoms with Crippen LogP contribution in [-0.4, -0.2) is 68.7 Å². The van der Waals surface area contributed by atoms with Crippen LogP contribution in [0.1, 0.15) is 18.2 Å². The highest BCUT2D eigenvalue weighted by atomic mass is 32.1. The third kappa shape index (κ3) is 8.24. The van der Waals surface area contributed by atoms with Gasteiger partial charge in [0.1, 0.15) is 18.1 Å². The summed E-state index contributed by atoms with van der Waals surface area (Å²) in [5, 5.41) is 16.6. The van der Waals surface area contributed by atoms with Crippen LogP contribution in [0.4, 0.5) is 0 Å². The Labute approximate surface area is 196 Å². The molecule has 0 saturated carbocycles. The number of carbonyl (C=O) groups is 4. The lowest BCUT2D eigenvalue weighted by Crippen LogP contribution is -2.57. The summed E-state index contributed by atoms with van der Waals surface area (Å²) in [6, 6.07) is 5.02. The molecule has 0 fully saturated rings. The van der Waals surface area contributed by atoms with Gasteiger partial charge in [0, 0.05) is 24.1 Å². The topological polar surface area (TPSA) is 179 Å². The first kappa shape index (κ1) is 25.9. The number of hydrogen-bond acceptors (Lipinski definition) is 7. The van der Waals surface area contributed by atoms with E-state index in [4.69, 9.17) is 10.8 Å². The molecule has 0 saturated heterocycles. The van der Waals surface area contributed by atoms with Crippen molar-refractivity contribution in [3.05, 3.63) is 54.1 Å². The third-order valence-electron chi connectivity index (χ3n) is 4.80. The van der Waals surface area contributed by atoms with Crippen molar-refractivity contribution in [2.75, 3.05) is 5.75 Å². The minimum atomic E-state index is -1.25. The molecule has 0 aliphatic carbocycles. The molecule has 1 heterocycles. The average molecular weight is 477 g/mol. The molecule has 0 bridgehead atoms. The van der Waals surface area contributed by atoms with Crippen molar-refractivity contribution in [3.63, 3.8) is 0 Å². The summed E-state index contributed by atoms with van der Waals surface area (Å²) in [7, 11) is 0. The number of nitrogens with one attached hydrogen (secondary N) is 4. The first-order valence-electron chi connectivity index (χ1n) is 10.2. The van der Waals surface area contributed by atoms with E-state index >= 15 is 0 Å². The number of nitrogens with zero attached hydrogens (tertiary/aromatic N) is 1. The fraction of sp³-hybridized carbons (Fsp3) is 0.381. The van der Waals surface area contributed by atoms with Gasteiger partial charge in [0.05, 0.1) is 12.4 Å². The Morgan fingerprint density at radius 1 is 1.03 bits per heavy atom. The van der Waals surface area contributed by atoms with Crippen molar-refractivity contribution >= 4 is 36.3 Å². The molecule has 4 unspecified atom stereocenters. The summed E-state index contributed by atoms with van der Waals surface area (Å²) in [5.74, 6) is -3.24. The van der Waals surface area contributed by atoms with Gasteiger partial charge < -0.3 is 31.8 Å². The molecular weight excluding hydrogens is 448 g/mol. The number of thiol groups is 1. The number of nitrogens with two attached hydrogens (primary N) is 1. The second-order valence-electron chi connectivity index (χ2n) is 7.45. The molecule has 0 radical (unpaired) electrons. The number of aromatic nitrogens is 2. The molecule has 1 aromatic heterocycles. The Bertz CT molecular complexity index is 940. The highest BCUT2D eigenvalue weighted by molar-refractivity contribution is 7.80. The van der Waals surface area contributed by atoms with Crippen molar-refractivity contribution in [3.8, 4) is 0 Å². The SMILES string of the molecule is CC(NC(=O)C(N)Cc1ccccc1)C(=O)NC(Cc1cnc[nH]1)C(=O)NC(CS)C(=O)O. The first-order valence-corrected chi connectivity index (χ1v) is 10.9. The van der Waals surface area contributed by atoms with Crippen LogP contribution in [-0.2, 0) is 32.0 Å². The van der Waals surface area contributed by atoms with E-state index < -0.39 is 47.9 Å². The van der Waals surface area contributed by atoms with Gasteiger partial charge in [-0.15, -0.1) is 0 Å². The van der Waals surface area contributed by atoms with Crippen molar-refractivity contribution < 1.29 is 24.3 Å². The monoisotopic (exact) mass is 476 g/mol. The van der Waals surface area contributed by atoms with Gasteiger partial charge in [-0.25, -0.2) is 9.78 Å². The highest BCUT2D eigenvalue weighted by Crippen LogP contribution is 2.04. The predicted molar refractivity (Wildman–Crippen MR) is 123 cm³/mol. The van der Waals surface area contributed by atoms with Crippen LogP contribution in [0.5, 0.6) is 0 Å². The molecule has 4 atom stereocenters. The van der Waals surface area contributed by atoms with Gasteiger partial charge in [0.15, 0.2) is 0 Å². The summed E-state index contributed by atoms with van der Waals surface area (Å²) in [6.07, 6.45) is 3.22. The summed E-state index contributed by atoms with van der Waals surface area (Å²) in [6.45, 7) is 1.46. The molecule has 0 spiro atoms. The molecule has 0 aliphatic rings. The van der Waals surface area contributed by atoms with Gasteiger partial charge in [-0.2, -0.15) is 12.6 Å². The van der Waals surface area contributed by atoms with Gasteiger partial charge in [-0.05, 0) is 18.9 Å². The van der Waals surface area contributed by atoms with Crippen LogP contribution >= 0.6 is 12.6 Å². The van der Waals surface area contributed by atoms with Crippen molar-refractivity contribution in [2.45, 2.75) is 43.9 Å². The van der Waals surface area contributed by atoms with E-state index in [2.05, 4.69) is 38.5 Å². The molecule has 33 heavy (non-hydrogen) atoms. The quantitative estimate of drug-likeness (QED) is 0.192. The number of aromatic amines is 1. The molecule has 11 nitrogen and oxygen atoms in total. The second-order valence-corrected chi connectivity index (χ2v) is 7.82. The van der Waals surface area contributed by atoms with Gasteiger partial charge in [0.25, 0.3) is 0 Å². The fourth-order valence-electron chi connectivity index (χ4n) is 2.93. The predicted octanol–water partition coefficient (Wildman–Crippen LogP) is -0.989. The van der Waals surface area contributed by atoms with E-state index in [1.807, 2.05) is 30.3 Å². The Hall–Kier alpha value is -3.38. The van der Waals surface area contributed by atoms with Crippen LogP contribution < -0.4 is 21.7 Å². The zero-order chi connectivity index (χ0) is 24.4. The first-order chi connectivity index (χ1) is 15.7. The minimum Gasteiger partial charge on any atom is -0.480 e. The molecule has 12 heteroatoms.